The molecule has 7 nitrogen and oxygen atoms in total. The van der Waals surface area contributed by atoms with Crippen molar-refractivity contribution in [1.82, 2.24) is 4.90 Å². The molecule has 4 rings (SSSR count). The molecule has 2 aliphatic carbocycles. The minimum Gasteiger partial charge on any atom is -0.454 e. The van der Waals surface area contributed by atoms with Gasteiger partial charge in [-0.15, -0.1) is 0 Å². The van der Waals surface area contributed by atoms with Crippen molar-refractivity contribution in [3.63, 3.8) is 0 Å². The van der Waals surface area contributed by atoms with Crippen LogP contribution in [0.3, 0.4) is 0 Å². The maximum Gasteiger partial charge on any atom is 0.326 e. The molecule has 2 fully saturated rings. The average Bonchev–Trinajstić information content (AvgIpc) is 3.33. The summed E-state index contributed by atoms with van der Waals surface area (Å²) in [4.78, 5) is 50.0. The number of ether oxygens (including phenoxy) is 1. The molecule has 3 amide bonds. The lowest BCUT2D eigenvalue weighted by molar-refractivity contribution is -0.154. The lowest BCUT2D eigenvalue weighted by Gasteiger charge is -2.16. The number of nitrogens with one attached hydrogen (secondary N) is 1. The molecule has 0 radical (unpaired) electrons. The Labute approximate surface area is 166 Å². The van der Waals surface area contributed by atoms with Gasteiger partial charge in [0, 0.05) is 10.7 Å². The monoisotopic (exact) mass is 402 g/mol. The molecule has 1 aromatic carbocycles. The van der Waals surface area contributed by atoms with E-state index in [0.717, 1.165) is 16.9 Å². The van der Waals surface area contributed by atoms with E-state index in [1.165, 1.54) is 0 Å². The number of imide groups is 1. The Morgan fingerprint density at radius 2 is 1.82 bits per heavy atom. The highest BCUT2D eigenvalue weighted by atomic mass is 35.5. The minimum atomic E-state index is -0.793. The number of likely N-dealkylation sites (tertiary alicyclic amines) is 1. The number of rotatable bonds is 5. The SMILES string of the molecule is Cc1ccc(NC(=O)COC(=O)CN2C(=O)[C@@H]3[C@H](C2=O)[C@H]2C=C[C@H]3C2)cc1Cl. The smallest absolute Gasteiger partial charge is 0.326 e. The van der Waals surface area contributed by atoms with Gasteiger partial charge in [0.15, 0.2) is 6.61 Å². The summed E-state index contributed by atoms with van der Waals surface area (Å²) in [5.41, 5.74) is 1.36. The molecule has 1 N–H and O–H groups in total. The summed E-state index contributed by atoms with van der Waals surface area (Å²) in [6.07, 6.45) is 4.80. The highest BCUT2D eigenvalue weighted by Gasteiger charge is 2.59. The molecule has 1 aliphatic heterocycles. The summed E-state index contributed by atoms with van der Waals surface area (Å²) < 4.78 is 4.93. The van der Waals surface area contributed by atoms with Crippen molar-refractivity contribution >= 4 is 41.0 Å². The van der Waals surface area contributed by atoms with Gasteiger partial charge in [0.1, 0.15) is 6.54 Å². The van der Waals surface area contributed by atoms with Crippen molar-refractivity contribution in [2.45, 2.75) is 13.3 Å². The molecular formula is C20H19ClN2O5. The Kier molecular flexibility index (Phi) is 4.71. The molecule has 146 valence electrons. The van der Waals surface area contributed by atoms with Crippen LogP contribution in [0.5, 0.6) is 0 Å². The number of allylic oxidation sites excluding steroid dienone is 2. The fourth-order valence-electron chi connectivity index (χ4n) is 4.31. The second-order valence-corrected chi connectivity index (χ2v) is 7.84. The van der Waals surface area contributed by atoms with Crippen LogP contribution < -0.4 is 5.32 Å². The van der Waals surface area contributed by atoms with Crippen LogP contribution in [0, 0.1) is 30.6 Å². The zero-order valence-electron chi connectivity index (χ0n) is 15.2. The van der Waals surface area contributed by atoms with Crippen molar-refractivity contribution in [2.24, 2.45) is 23.7 Å². The summed E-state index contributed by atoms with van der Waals surface area (Å²) in [7, 11) is 0. The number of esters is 1. The van der Waals surface area contributed by atoms with E-state index in [0.29, 0.717) is 10.7 Å². The zero-order chi connectivity index (χ0) is 20.0. The number of nitrogens with zero attached hydrogens (tertiary/aromatic N) is 1. The average molecular weight is 403 g/mol. The first-order chi connectivity index (χ1) is 13.3. The van der Waals surface area contributed by atoms with Crippen LogP contribution in [-0.4, -0.2) is 41.7 Å². The predicted molar refractivity (Wildman–Crippen MR) is 100 cm³/mol. The fraction of sp³-hybridized carbons (Fsp3) is 0.400. The molecule has 3 aliphatic rings. The van der Waals surface area contributed by atoms with E-state index in [1.54, 1.807) is 18.2 Å². The maximum atomic E-state index is 12.5. The number of benzene rings is 1. The number of halogens is 1. The molecule has 0 unspecified atom stereocenters. The Hall–Kier alpha value is -2.67. The van der Waals surface area contributed by atoms with Crippen LogP contribution in [0.15, 0.2) is 30.4 Å². The van der Waals surface area contributed by atoms with E-state index < -0.39 is 25.0 Å². The van der Waals surface area contributed by atoms with Crippen molar-refractivity contribution < 1.29 is 23.9 Å². The minimum absolute atomic E-state index is 0.0829. The first-order valence-corrected chi connectivity index (χ1v) is 9.48. The number of amides is 3. The lowest BCUT2D eigenvalue weighted by Crippen LogP contribution is -2.38. The Balaban J connectivity index is 1.29. The number of carbonyl (C=O) groups excluding carboxylic acids is 4. The number of carbonyl (C=O) groups is 4. The number of aryl methyl sites for hydroxylation is 1. The van der Waals surface area contributed by atoms with Gasteiger partial charge >= 0.3 is 5.97 Å². The van der Waals surface area contributed by atoms with Crippen molar-refractivity contribution in [1.29, 1.82) is 0 Å². The number of hydrogen-bond donors (Lipinski definition) is 1. The van der Waals surface area contributed by atoms with Crippen LogP contribution in [0.4, 0.5) is 5.69 Å². The van der Waals surface area contributed by atoms with Gasteiger partial charge in [-0.25, -0.2) is 0 Å². The Morgan fingerprint density at radius 1 is 1.18 bits per heavy atom. The second-order valence-electron chi connectivity index (χ2n) is 7.44. The van der Waals surface area contributed by atoms with Gasteiger partial charge in [0.25, 0.3) is 5.91 Å². The molecular weight excluding hydrogens is 384 g/mol. The summed E-state index contributed by atoms with van der Waals surface area (Å²) in [5, 5.41) is 3.08. The van der Waals surface area contributed by atoms with E-state index in [9.17, 15) is 19.2 Å². The van der Waals surface area contributed by atoms with Gasteiger partial charge in [-0.1, -0.05) is 29.8 Å². The van der Waals surface area contributed by atoms with Crippen LogP contribution in [0.1, 0.15) is 12.0 Å². The van der Waals surface area contributed by atoms with Gasteiger partial charge in [-0.3, -0.25) is 24.1 Å². The van der Waals surface area contributed by atoms with Crippen LogP contribution in [0.2, 0.25) is 5.02 Å². The van der Waals surface area contributed by atoms with E-state index in [1.807, 2.05) is 19.1 Å². The van der Waals surface area contributed by atoms with E-state index in [4.69, 9.17) is 16.3 Å². The molecule has 1 saturated heterocycles. The first kappa shape index (κ1) is 18.7. The van der Waals surface area contributed by atoms with E-state index in [2.05, 4.69) is 5.32 Å². The van der Waals surface area contributed by atoms with Gasteiger partial charge in [-0.05, 0) is 42.9 Å². The second kappa shape index (κ2) is 7.05. The molecule has 28 heavy (non-hydrogen) atoms. The van der Waals surface area contributed by atoms with Gasteiger partial charge < -0.3 is 10.1 Å². The normalized spacial score (nSPS) is 27.3. The lowest BCUT2D eigenvalue weighted by atomic mass is 9.85. The summed E-state index contributed by atoms with van der Waals surface area (Å²) in [6.45, 7) is 0.861. The fourth-order valence-corrected chi connectivity index (χ4v) is 4.49. The number of anilines is 1. The molecule has 1 heterocycles. The Morgan fingerprint density at radius 3 is 2.43 bits per heavy atom. The predicted octanol–water partition coefficient (Wildman–Crippen LogP) is 1.94. The van der Waals surface area contributed by atoms with Crippen LogP contribution in [-0.2, 0) is 23.9 Å². The standard InChI is InChI=1S/C20H19ClN2O5/c1-10-2-5-13(7-14(10)21)22-15(24)9-28-16(25)8-23-19(26)17-11-3-4-12(6-11)18(17)20(23)27/h2-5,7,11-12,17-18H,6,8-9H2,1H3,(H,22,24)/t11-,12-,17-,18+/m0/s1. The molecule has 1 saturated carbocycles. The quantitative estimate of drug-likeness (QED) is 0.461. The van der Waals surface area contributed by atoms with Crippen molar-refractivity contribution in [2.75, 3.05) is 18.5 Å². The molecule has 0 spiro atoms. The third-order valence-corrected chi connectivity index (χ3v) is 6.08. The summed E-state index contributed by atoms with van der Waals surface area (Å²) in [5.74, 6) is -2.51. The molecule has 0 aromatic heterocycles. The van der Waals surface area contributed by atoms with Crippen LogP contribution >= 0.6 is 11.6 Å². The molecule has 2 bridgehead atoms. The summed E-state index contributed by atoms with van der Waals surface area (Å²) in [6, 6.07) is 5.04. The number of fused-ring (bicyclic) bond motifs is 5. The number of hydrogen-bond acceptors (Lipinski definition) is 5. The largest absolute Gasteiger partial charge is 0.454 e. The van der Waals surface area contributed by atoms with E-state index >= 15 is 0 Å². The molecule has 8 heteroatoms. The van der Waals surface area contributed by atoms with Crippen molar-refractivity contribution in [3.8, 4) is 0 Å². The summed E-state index contributed by atoms with van der Waals surface area (Å²) >= 11 is 6.00. The first-order valence-electron chi connectivity index (χ1n) is 9.10. The highest BCUT2D eigenvalue weighted by Crippen LogP contribution is 2.52. The van der Waals surface area contributed by atoms with Gasteiger partial charge in [0.05, 0.1) is 11.8 Å². The third kappa shape index (κ3) is 3.20. The van der Waals surface area contributed by atoms with Gasteiger partial charge in [0.2, 0.25) is 11.8 Å². The van der Waals surface area contributed by atoms with Gasteiger partial charge in [-0.2, -0.15) is 0 Å². The zero-order valence-corrected chi connectivity index (χ0v) is 15.9. The van der Waals surface area contributed by atoms with Crippen LogP contribution in [0.25, 0.3) is 0 Å². The van der Waals surface area contributed by atoms with E-state index in [-0.39, 0.29) is 35.5 Å². The molecule has 4 atom stereocenters. The maximum absolute atomic E-state index is 12.5. The highest BCUT2D eigenvalue weighted by molar-refractivity contribution is 6.31. The molecule has 1 aromatic rings. The van der Waals surface area contributed by atoms with Crippen molar-refractivity contribution in [3.05, 3.63) is 40.9 Å². The Bertz CT molecular complexity index is 882. The third-order valence-electron chi connectivity index (χ3n) is 5.67. The topological polar surface area (TPSA) is 92.8 Å².